The van der Waals surface area contributed by atoms with Crippen LogP contribution in [0.15, 0.2) is 48.5 Å². The van der Waals surface area contributed by atoms with Gasteiger partial charge in [0.25, 0.3) is 7.37 Å². The van der Waals surface area contributed by atoms with Crippen molar-refractivity contribution in [2.24, 2.45) is 5.92 Å². The molecular formula is C18H17O5P. The lowest BCUT2D eigenvalue weighted by Crippen LogP contribution is -2.27. The van der Waals surface area contributed by atoms with E-state index in [1.165, 1.54) is 6.92 Å². The first-order chi connectivity index (χ1) is 11.4. The standard InChI is InChI=1S/C18H17O5P/c1-12(19)13(10-18(20)21)11-24(22)17-9-5-3-7-15(17)14-6-2-4-8-16(14)23-24/h2-9,13H,10-11H2,1H3,(H,20,21). The molecule has 1 heterocycles. The maximum atomic E-state index is 13.5. The molecule has 0 saturated heterocycles. The van der Waals surface area contributed by atoms with Crippen molar-refractivity contribution in [2.45, 2.75) is 13.3 Å². The van der Waals surface area contributed by atoms with E-state index in [4.69, 9.17) is 9.63 Å². The highest BCUT2D eigenvalue weighted by Crippen LogP contribution is 2.55. The Hall–Kier alpha value is -2.39. The number of aliphatic carboxylic acids is 1. The predicted octanol–water partition coefficient (Wildman–Crippen LogP) is 3.33. The fourth-order valence-electron chi connectivity index (χ4n) is 2.95. The lowest BCUT2D eigenvalue weighted by molar-refractivity contribution is -0.140. The second kappa shape index (κ2) is 6.25. The summed E-state index contributed by atoms with van der Waals surface area (Å²) in [6, 6.07) is 14.5. The Labute approximate surface area is 139 Å². The highest BCUT2D eigenvalue weighted by Gasteiger charge is 2.39. The van der Waals surface area contributed by atoms with E-state index < -0.39 is 19.3 Å². The van der Waals surface area contributed by atoms with Crippen LogP contribution in [0.2, 0.25) is 0 Å². The van der Waals surface area contributed by atoms with Crippen molar-refractivity contribution in [1.82, 2.24) is 0 Å². The molecule has 1 aliphatic heterocycles. The lowest BCUT2D eigenvalue weighted by Gasteiger charge is -2.30. The molecule has 6 heteroatoms. The Morgan fingerprint density at radius 1 is 1.08 bits per heavy atom. The highest BCUT2D eigenvalue weighted by atomic mass is 31.2. The number of carboxylic acids is 1. The number of benzene rings is 2. The number of carbonyl (C=O) groups is 2. The number of rotatable bonds is 5. The van der Waals surface area contributed by atoms with Gasteiger partial charge in [0, 0.05) is 17.6 Å². The molecule has 24 heavy (non-hydrogen) atoms. The molecule has 3 rings (SSSR count). The Morgan fingerprint density at radius 2 is 1.71 bits per heavy atom. The van der Waals surface area contributed by atoms with Crippen LogP contribution in [-0.2, 0) is 14.2 Å². The van der Waals surface area contributed by atoms with Crippen LogP contribution in [0.25, 0.3) is 11.1 Å². The van der Waals surface area contributed by atoms with Crippen molar-refractivity contribution in [3.05, 3.63) is 48.5 Å². The van der Waals surface area contributed by atoms with Crippen molar-refractivity contribution in [3.63, 3.8) is 0 Å². The summed E-state index contributed by atoms with van der Waals surface area (Å²) >= 11 is 0. The number of carbonyl (C=O) groups excluding carboxylic acids is 1. The maximum absolute atomic E-state index is 13.5. The SMILES string of the molecule is CC(=O)C(CC(=O)O)CP1(=O)Oc2ccccc2-c2ccccc21. The van der Waals surface area contributed by atoms with Crippen LogP contribution < -0.4 is 9.83 Å². The van der Waals surface area contributed by atoms with E-state index in [1.54, 1.807) is 24.3 Å². The van der Waals surface area contributed by atoms with Gasteiger partial charge < -0.3 is 9.63 Å². The van der Waals surface area contributed by atoms with Crippen molar-refractivity contribution >= 4 is 24.4 Å². The summed E-state index contributed by atoms with van der Waals surface area (Å²) in [4.78, 5) is 22.8. The Kier molecular flexibility index (Phi) is 4.29. The summed E-state index contributed by atoms with van der Waals surface area (Å²) in [7, 11) is -3.39. The summed E-state index contributed by atoms with van der Waals surface area (Å²) in [5.41, 5.74) is 1.65. The Morgan fingerprint density at radius 3 is 2.38 bits per heavy atom. The van der Waals surface area contributed by atoms with Crippen LogP contribution in [0, 0.1) is 5.92 Å². The summed E-state index contributed by atoms with van der Waals surface area (Å²) in [6.45, 7) is 1.32. The van der Waals surface area contributed by atoms with Gasteiger partial charge in [-0.2, -0.15) is 0 Å². The van der Waals surface area contributed by atoms with Gasteiger partial charge in [-0.15, -0.1) is 0 Å². The highest BCUT2D eigenvalue weighted by molar-refractivity contribution is 7.67. The molecular weight excluding hydrogens is 327 g/mol. The first-order valence-electron chi connectivity index (χ1n) is 7.60. The van der Waals surface area contributed by atoms with E-state index in [1.807, 2.05) is 24.3 Å². The third-order valence-corrected chi connectivity index (χ3v) is 6.69. The van der Waals surface area contributed by atoms with Crippen LogP contribution in [0.5, 0.6) is 5.75 Å². The van der Waals surface area contributed by atoms with Gasteiger partial charge in [0.2, 0.25) is 0 Å². The molecule has 0 fully saturated rings. The maximum Gasteiger partial charge on any atom is 0.304 e. The van der Waals surface area contributed by atoms with Crippen molar-refractivity contribution < 1.29 is 23.8 Å². The van der Waals surface area contributed by atoms with E-state index >= 15 is 0 Å². The van der Waals surface area contributed by atoms with Gasteiger partial charge in [-0.25, -0.2) is 0 Å². The van der Waals surface area contributed by atoms with Gasteiger partial charge in [0.05, 0.1) is 11.7 Å². The molecule has 0 spiro atoms. The second-order valence-electron chi connectivity index (χ2n) is 5.87. The molecule has 0 aromatic heterocycles. The summed E-state index contributed by atoms with van der Waals surface area (Å²) in [6.07, 6.45) is -0.466. The van der Waals surface area contributed by atoms with Crippen LogP contribution in [0.4, 0.5) is 0 Å². The summed E-state index contributed by atoms with van der Waals surface area (Å²) in [5.74, 6) is -1.73. The molecule has 0 bridgehead atoms. The molecule has 0 amide bonds. The van der Waals surface area contributed by atoms with Gasteiger partial charge >= 0.3 is 5.97 Å². The Balaban J connectivity index is 2.06. The molecule has 2 aromatic carbocycles. The van der Waals surface area contributed by atoms with E-state index in [0.29, 0.717) is 11.1 Å². The molecule has 0 radical (unpaired) electrons. The molecule has 5 nitrogen and oxygen atoms in total. The number of ketones is 1. The van der Waals surface area contributed by atoms with Gasteiger partial charge in [-0.3, -0.25) is 14.2 Å². The third-order valence-electron chi connectivity index (χ3n) is 4.15. The molecule has 2 atom stereocenters. The quantitative estimate of drug-likeness (QED) is 0.842. The number of fused-ring (bicyclic) bond motifs is 3. The van der Waals surface area contributed by atoms with Crippen molar-refractivity contribution in [1.29, 1.82) is 0 Å². The van der Waals surface area contributed by atoms with Gasteiger partial charge in [0.15, 0.2) is 0 Å². The predicted molar refractivity (Wildman–Crippen MR) is 91.0 cm³/mol. The molecule has 2 unspecified atom stereocenters. The van der Waals surface area contributed by atoms with Gasteiger partial charge in [0.1, 0.15) is 11.5 Å². The lowest BCUT2D eigenvalue weighted by atomic mass is 10.0. The first kappa shape index (κ1) is 16.5. The van der Waals surface area contributed by atoms with E-state index in [-0.39, 0.29) is 18.4 Å². The zero-order valence-electron chi connectivity index (χ0n) is 13.1. The smallest absolute Gasteiger partial charge is 0.304 e. The number of hydrogen-bond acceptors (Lipinski definition) is 4. The van der Waals surface area contributed by atoms with E-state index in [2.05, 4.69) is 0 Å². The average Bonchev–Trinajstić information content (AvgIpc) is 2.54. The largest absolute Gasteiger partial charge is 0.481 e. The average molecular weight is 344 g/mol. The minimum atomic E-state index is -3.39. The molecule has 0 aliphatic carbocycles. The zero-order chi connectivity index (χ0) is 17.3. The summed E-state index contributed by atoms with van der Waals surface area (Å²) in [5, 5.41) is 9.56. The number of Topliss-reactive ketones (excluding diaryl/α,β-unsaturated/α-hetero) is 1. The fourth-order valence-corrected chi connectivity index (χ4v) is 5.64. The fraction of sp³-hybridized carbons (Fsp3) is 0.222. The molecule has 1 aliphatic rings. The third kappa shape index (κ3) is 3.00. The Bertz CT molecular complexity index is 858. The molecule has 2 aromatic rings. The van der Waals surface area contributed by atoms with Gasteiger partial charge in [-0.05, 0) is 24.6 Å². The van der Waals surface area contributed by atoms with Crippen molar-refractivity contribution in [3.8, 4) is 16.9 Å². The summed E-state index contributed by atoms with van der Waals surface area (Å²) < 4.78 is 19.4. The van der Waals surface area contributed by atoms with Crippen LogP contribution >= 0.6 is 7.37 Å². The van der Waals surface area contributed by atoms with Crippen LogP contribution in [-0.4, -0.2) is 23.0 Å². The van der Waals surface area contributed by atoms with Crippen molar-refractivity contribution in [2.75, 3.05) is 6.16 Å². The topological polar surface area (TPSA) is 80.7 Å². The van der Waals surface area contributed by atoms with E-state index in [9.17, 15) is 14.2 Å². The van der Waals surface area contributed by atoms with Crippen LogP contribution in [0.3, 0.4) is 0 Å². The monoisotopic (exact) mass is 344 g/mol. The molecule has 0 saturated carbocycles. The second-order valence-corrected chi connectivity index (χ2v) is 8.24. The zero-order valence-corrected chi connectivity index (χ0v) is 14.0. The normalized spacial score (nSPS) is 19.5. The number of hydrogen-bond donors (Lipinski definition) is 1. The first-order valence-corrected chi connectivity index (χ1v) is 9.41. The minimum Gasteiger partial charge on any atom is -0.481 e. The number of carboxylic acid groups (broad SMARTS) is 1. The molecule has 124 valence electrons. The van der Waals surface area contributed by atoms with Gasteiger partial charge in [-0.1, -0.05) is 36.4 Å². The minimum absolute atomic E-state index is 0.111. The molecule has 1 N–H and O–H groups in total. The van der Waals surface area contributed by atoms with Crippen LogP contribution in [0.1, 0.15) is 13.3 Å². The van der Waals surface area contributed by atoms with E-state index in [0.717, 1.165) is 11.1 Å². The number of para-hydroxylation sites is 1.